The third-order valence-electron chi connectivity index (χ3n) is 3.04. The lowest BCUT2D eigenvalue weighted by molar-refractivity contribution is 0.347. The molecule has 0 radical (unpaired) electrons. The zero-order chi connectivity index (χ0) is 11.0. The molecule has 5 heteroatoms. The van der Waals surface area contributed by atoms with Gasteiger partial charge in [0.2, 0.25) is 11.7 Å². The Balaban J connectivity index is 1.94. The van der Waals surface area contributed by atoms with E-state index < -0.39 is 0 Å². The van der Waals surface area contributed by atoms with Gasteiger partial charge in [-0.15, -0.1) is 0 Å². The van der Waals surface area contributed by atoms with Gasteiger partial charge in [0.25, 0.3) is 0 Å². The summed E-state index contributed by atoms with van der Waals surface area (Å²) in [5.41, 5.74) is 6.53. The maximum absolute atomic E-state index is 5.71. The normalized spacial score (nSPS) is 17.3. The number of hydrogen-bond acceptors (Lipinski definition) is 5. The Bertz CT molecular complexity index is 490. The summed E-state index contributed by atoms with van der Waals surface area (Å²) in [5, 5.41) is 3.96. The van der Waals surface area contributed by atoms with E-state index in [2.05, 4.69) is 15.1 Å². The Hall–Kier alpha value is -1.75. The molecule has 0 aliphatic heterocycles. The van der Waals surface area contributed by atoms with E-state index in [-0.39, 0.29) is 5.41 Å². The predicted octanol–water partition coefficient (Wildman–Crippen LogP) is 1.12. The number of rotatable bonds is 3. The van der Waals surface area contributed by atoms with Crippen LogP contribution in [0.25, 0.3) is 11.4 Å². The van der Waals surface area contributed by atoms with Crippen molar-refractivity contribution in [1.29, 1.82) is 0 Å². The highest BCUT2D eigenvalue weighted by Gasteiger charge is 2.48. The Morgan fingerprint density at radius 1 is 1.44 bits per heavy atom. The minimum Gasteiger partial charge on any atom is -0.338 e. The van der Waals surface area contributed by atoms with Crippen LogP contribution in [0.2, 0.25) is 0 Å². The smallest absolute Gasteiger partial charge is 0.234 e. The maximum Gasteiger partial charge on any atom is 0.234 e. The first-order valence-corrected chi connectivity index (χ1v) is 5.29. The van der Waals surface area contributed by atoms with Gasteiger partial charge in [-0.05, 0) is 25.0 Å². The molecule has 0 unspecified atom stereocenters. The van der Waals surface area contributed by atoms with Gasteiger partial charge in [-0.3, -0.25) is 4.98 Å². The maximum atomic E-state index is 5.71. The molecule has 5 nitrogen and oxygen atoms in total. The lowest BCUT2D eigenvalue weighted by Gasteiger charge is -2.03. The summed E-state index contributed by atoms with van der Waals surface area (Å²) < 4.78 is 5.27. The highest BCUT2D eigenvalue weighted by atomic mass is 16.5. The standard InChI is InChI=1S/C11H12N4O/c12-7-11(3-4-11)10-14-9(15-16-10)8-2-1-5-13-6-8/h1-2,5-6H,3-4,7,12H2. The van der Waals surface area contributed by atoms with Crippen molar-refractivity contribution in [1.82, 2.24) is 15.1 Å². The number of aromatic nitrogens is 3. The molecule has 3 rings (SSSR count). The predicted molar refractivity (Wildman–Crippen MR) is 57.5 cm³/mol. The van der Waals surface area contributed by atoms with Gasteiger partial charge in [-0.25, -0.2) is 0 Å². The molecule has 16 heavy (non-hydrogen) atoms. The fourth-order valence-corrected chi connectivity index (χ4v) is 1.71. The topological polar surface area (TPSA) is 77.8 Å². The van der Waals surface area contributed by atoms with Crippen LogP contribution < -0.4 is 5.73 Å². The van der Waals surface area contributed by atoms with Crippen LogP contribution in [-0.4, -0.2) is 21.7 Å². The second kappa shape index (κ2) is 3.38. The van der Waals surface area contributed by atoms with Gasteiger partial charge in [-0.2, -0.15) is 4.98 Å². The van der Waals surface area contributed by atoms with E-state index in [0.29, 0.717) is 18.3 Å². The molecule has 0 amide bonds. The summed E-state index contributed by atoms with van der Waals surface area (Å²) in [5.74, 6) is 1.25. The number of nitrogens with two attached hydrogens (primary N) is 1. The second-order valence-corrected chi connectivity index (χ2v) is 4.15. The van der Waals surface area contributed by atoms with E-state index >= 15 is 0 Å². The van der Waals surface area contributed by atoms with E-state index in [1.165, 1.54) is 0 Å². The van der Waals surface area contributed by atoms with Crippen LogP contribution in [0.15, 0.2) is 29.0 Å². The molecular formula is C11H12N4O. The van der Waals surface area contributed by atoms with Crippen LogP contribution in [0.1, 0.15) is 18.7 Å². The van der Waals surface area contributed by atoms with Crippen molar-refractivity contribution in [3.63, 3.8) is 0 Å². The fourth-order valence-electron chi connectivity index (χ4n) is 1.71. The highest BCUT2D eigenvalue weighted by Crippen LogP contribution is 2.46. The summed E-state index contributed by atoms with van der Waals surface area (Å²) in [4.78, 5) is 8.41. The summed E-state index contributed by atoms with van der Waals surface area (Å²) in [6.45, 7) is 0.571. The van der Waals surface area contributed by atoms with Gasteiger partial charge < -0.3 is 10.3 Å². The summed E-state index contributed by atoms with van der Waals surface area (Å²) in [6.07, 6.45) is 5.51. The largest absolute Gasteiger partial charge is 0.338 e. The molecule has 0 aromatic carbocycles. The third-order valence-corrected chi connectivity index (χ3v) is 3.04. The first-order chi connectivity index (χ1) is 7.84. The molecule has 0 atom stereocenters. The average molecular weight is 216 g/mol. The Morgan fingerprint density at radius 3 is 2.94 bits per heavy atom. The molecule has 1 saturated carbocycles. The van der Waals surface area contributed by atoms with Crippen LogP contribution in [0.4, 0.5) is 0 Å². The van der Waals surface area contributed by atoms with E-state index in [9.17, 15) is 0 Å². The first-order valence-electron chi connectivity index (χ1n) is 5.29. The van der Waals surface area contributed by atoms with Crippen LogP contribution in [0.3, 0.4) is 0 Å². The van der Waals surface area contributed by atoms with Crippen molar-refractivity contribution < 1.29 is 4.52 Å². The summed E-state index contributed by atoms with van der Waals surface area (Å²) in [6, 6.07) is 3.75. The second-order valence-electron chi connectivity index (χ2n) is 4.15. The van der Waals surface area contributed by atoms with Crippen molar-refractivity contribution in [3.8, 4) is 11.4 Å². The molecule has 1 aliphatic carbocycles. The lowest BCUT2D eigenvalue weighted by Crippen LogP contribution is -2.19. The number of hydrogen-bond donors (Lipinski definition) is 1. The van der Waals surface area contributed by atoms with Crippen molar-refractivity contribution in [2.75, 3.05) is 6.54 Å². The monoisotopic (exact) mass is 216 g/mol. The molecule has 1 fully saturated rings. The van der Waals surface area contributed by atoms with E-state index in [1.807, 2.05) is 12.1 Å². The van der Waals surface area contributed by atoms with Gasteiger partial charge in [0.05, 0.1) is 5.41 Å². The van der Waals surface area contributed by atoms with Crippen molar-refractivity contribution in [3.05, 3.63) is 30.4 Å². The molecule has 2 aromatic rings. The molecule has 2 aromatic heterocycles. The first kappa shape index (κ1) is 9.47. The van der Waals surface area contributed by atoms with Crippen molar-refractivity contribution in [2.45, 2.75) is 18.3 Å². The van der Waals surface area contributed by atoms with Crippen LogP contribution in [0, 0.1) is 0 Å². The summed E-state index contributed by atoms with van der Waals surface area (Å²) in [7, 11) is 0. The zero-order valence-corrected chi connectivity index (χ0v) is 8.76. The van der Waals surface area contributed by atoms with Crippen LogP contribution in [0.5, 0.6) is 0 Å². The average Bonchev–Trinajstić information content (AvgIpc) is 3.00. The zero-order valence-electron chi connectivity index (χ0n) is 8.76. The molecular weight excluding hydrogens is 204 g/mol. The van der Waals surface area contributed by atoms with E-state index in [1.54, 1.807) is 12.4 Å². The molecule has 2 N–H and O–H groups in total. The van der Waals surface area contributed by atoms with Gasteiger partial charge in [0.1, 0.15) is 0 Å². The molecule has 0 bridgehead atoms. The number of nitrogens with zero attached hydrogens (tertiary/aromatic N) is 3. The molecule has 1 aliphatic rings. The van der Waals surface area contributed by atoms with E-state index in [4.69, 9.17) is 10.3 Å². The number of pyridine rings is 1. The Morgan fingerprint density at radius 2 is 2.31 bits per heavy atom. The lowest BCUT2D eigenvalue weighted by atomic mass is 10.1. The summed E-state index contributed by atoms with van der Waals surface area (Å²) >= 11 is 0. The fraction of sp³-hybridized carbons (Fsp3) is 0.364. The van der Waals surface area contributed by atoms with Crippen LogP contribution >= 0.6 is 0 Å². The van der Waals surface area contributed by atoms with Gasteiger partial charge >= 0.3 is 0 Å². The molecule has 0 saturated heterocycles. The quantitative estimate of drug-likeness (QED) is 0.831. The van der Waals surface area contributed by atoms with Crippen molar-refractivity contribution in [2.24, 2.45) is 5.73 Å². The molecule has 2 heterocycles. The van der Waals surface area contributed by atoms with Crippen molar-refractivity contribution >= 4 is 0 Å². The van der Waals surface area contributed by atoms with Gasteiger partial charge in [-0.1, -0.05) is 5.16 Å². The van der Waals surface area contributed by atoms with Gasteiger partial charge in [0, 0.05) is 24.5 Å². The van der Waals surface area contributed by atoms with Gasteiger partial charge in [0.15, 0.2) is 0 Å². The molecule has 82 valence electrons. The van der Waals surface area contributed by atoms with E-state index in [0.717, 1.165) is 18.4 Å². The minimum absolute atomic E-state index is 0.0482. The molecule has 0 spiro atoms. The Kier molecular flexibility index (Phi) is 2.00. The highest BCUT2D eigenvalue weighted by molar-refractivity contribution is 5.52. The Labute approximate surface area is 92.7 Å². The minimum atomic E-state index is -0.0482. The van der Waals surface area contributed by atoms with Crippen LogP contribution in [-0.2, 0) is 5.41 Å². The SMILES string of the molecule is NCC1(c2nc(-c3cccnc3)no2)CC1. The third kappa shape index (κ3) is 1.40.